The second kappa shape index (κ2) is 10.8. The molecule has 1 saturated heterocycles. The molecule has 1 heterocycles. The summed E-state index contributed by atoms with van der Waals surface area (Å²) in [5.41, 5.74) is 7.71. The number of likely N-dealkylation sites (tertiary alicyclic amines) is 1. The van der Waals surface area contributed by atoms with Crippen molar-refractivity contribution in [3.05, 3.63) is 28.8 Å². The van der Waals surface area contributed by atoms with Crippen LogP contribution in [-0.2, 0) is 4.79 Å². The lowest BCUT2D eigenvalue weighted by Crippen LogP contribution is -2.38. The van der Waals surface area contributed by atoms with Gasteiger partial charge in [0.05, 0.1) is 17.3 Å². The molecule has 0 unspecified atom stereocenters. The zero-order valence-corrected chi connectivity index (χ0v) is 17.1. The van der Waals surface area contributed by atoms with E-state index in [4.69, 9.17) is 17.3 Å². The van der Waals surface area contributed by atoms with Crippen LogP contribution in [0.15, 0.2) is 23.2 Å². The van der Waals surface area contributed by atoms with Crippen molar-refractivity contribution in [2.75, 3.05) is 25.0 Å². The third kappa shape index (κ3) is 6.84. The van der Waals surface area contributed by atoms with Crippen molar-refractivity contribution in [3.8, 4) is 0 Å². The summed E-state index contributed by atoms with van der Waals surface area (Å²) in [5.74, 6) is 0.441. The molecule has 2 rings (SSSR count). The monoisotopic (exact) mass is 464 g/mol. The quantitative estimate of drug-likeness (QED) is 0.405. The third-order valence-electron chi connectivity index (χ3n) is 3.94. The number of nitrogens with one attached hydrogen (secondary N) is 1. The Balaban J connectivity index is 0.00000288. The lowest BCUT2D eigenvalue weighted by molar-refractivity contribution is -0.116. The van der Waals surface area contributed by atoms with Gasteiger partial charge in [-0.05, 0) is 37.5 Å². The van der Waals surface area contributed by atoms with Gasteiger partial charge < -0.3 is 16.0 Å². The normalized spacial score (nSPS) is 15.4. The van der Waals surface area contributed by atoms with Crippen LogP contribution in [0.2, 0.25) is 5.02 Å². The first-order valence-electron chi connectivity index (χ1n) is 8.17. The Morgan fingerprint density at radius 1 is 1.29 bits per heavy atom. The highest BCUT2D eigenvalue weighted by molar-refractivity contribution is 14.0. The molecular formula is C17H26ClIN4O. The van der Waals surface area contributed by atoms with E-state index in [2.05, 4.69) is 15.2 Å². The molecule has 134 valence electrons. The van der Waals surface area contributed by atoms with Crippen LogP contribution in [0.4, 0.5) is 5.69 Å². The largest absolute Gasteiger partial charge is 0.370 e. The predicted molar refractivity (Wildman–Crippen MR) is 111 cm³/mol. The topological polar surface area (TPSA) is 70.7 Å². The number of benzene rings is 1. The molecule has 3 N–H and O–H groups in total. The van der Waals surface area contributed by atoms with Gasteiger partial charge in [-0.15, -0.1) is 24.0 Å². The van der Waals surface area contributed by atoms with Crippen molar-refractivity contribution in [2.24, 2.45) is 10.7 Å². The van der Waals surface area contributed by atoms with E-state index in [1.165, 1.54) is 12.8 Å². The minimum absolute atomic E-state index is 0. The third-order valence-corrected chi connectivity index (χ3v) is 4.25. The van der Waals surface area contributed by atoms with Crippen molar-refractivity contribution >= 4 is 53.1 Å². The number of guanidine groups is 1. The highest BCUT2D eigenvalue weighted by Crippen LogP contribution is 2.22. The fourth-order valence-electron chi connectivity index (χ4n) is 2.61. The number of carbonyl (C=O) groups is 1. The van der Waals surface area contributed by atoms with Crippen LogP contribution in [-0.4, -0.2) is 36.4 Å². The van der Waals surface area contributed by atoms with Gasteiger partial charge in [0.15, 0.2) is 5.96 Å². The SMILES string of the molecule is Cc1ccc(NC(=O)CCN=C(N)N2CCCCCC2)c(Cl)c1.I. The van der Waals surface area contributed by atoms with Crippen LogP contribution >= 0.6 is 35.6 Å². The molecule has 24 heavy (non-hydrogen) atoms. The molecule has 1 aromatic carbocycles. The van der Waals surface area contributed by atoms with Gasteiger partial charge in [-0.1, -0.05) is 30.5 Å². The maximum atomic E-state index is 12.0. The van der Waals surface area contributed by atoms with Crippen LogP contribution in [0.1, 0.15) is 37.7 Å². The number of halogens is 2. The van der Waals surface area contributed by atoms with Gasteiger partial charge in [0.1, 0.15) is 0 Å². The van der Waals surface area contributed by atoms with Crippen molar-refractivity contribution in [1.82, 2.24) is 4.90 Å². The molecule has 1 amide bonds. The minimum Gasteiger partial charge on any atom is -0.370 e. The maximum Gasteiger partial charge on any atom is 0.226 e. The summed E-state index contributed by atoms with van der Waals surface area (Å²) in [6.45, 7) is 4.26. The van der Waals surface area contributed by atoms with Crippen LogP contribution in [0.25, 0.3) is 0 Å². The van der Waals surface area contributed by atoms with E-state index in [0.29, 0.717) is 29.6 Å². The van der Waals surface area contributed by atoms with Gasteiger partial charge in [-0.25, -0.2) is 0 Å². The van der Waals surface area contributed by atoms with Crippen LogP contribution in [0.3, 0.4) is 0 Å². The van der Waals surface area contributed by atoms with E-state index in [0.717, 1.165) is 31.5 Å². The van der Waals surface area contributed by atoms with Gasteiger partial charge >= 0.3 is 0 Å². The van der Waals surface area contributed by atoms with E-state index in [1.54, 1.807) is 0 Å². The second-order valence-electron chi connectivity index (χ2n) is 5.92. The van der Waals surface area contributed by atoms with E-state index in [9.17, 15) is 4.79 Å². The standard InChI is InChI=1S/C17H25ClN4O.HI/c1-13-6-7-15(14(18)12-13)21-16(23)8-9-20-17(19)22-10-4-2-3-5-11-22;/h6-7,12H,2-5,8-11H2,1H3,(H2,19,20)(H,21,23);1H. The van der Waals surface area contributed by atoms with Crippen LogP contribution < -0.4 is 11.1 Å². The fraction of sp³-hybridized carbons (Fsp3) is 0.529. The van der Waals surface area contributed by atoms with Crippen LogP contribution in [0.5, 0.6) is 0 Å². The smallest absolute Gasteiger partial charge is 0.226 e. The Labute approximate surface area is 166 Å². The summed E-state index contributed by atoms with van der Waals surface area (Å²) in [6.07, 6.45) is 5.11. The molecule has 1 aromatic rings. The van der Waals surface area contributed by atoms with Gasteiger partial charge in [0, 0.05) is 19.5 Å². The van der Waals surface area contributed by atoms with Crippen molar-refractivity contribution in [1.29, 1.82) is 0 Å². The summed E-state index contributed by atoms with van der Waals surface area (Å²) >= 11 is 6.11. The van der Waals surface area contributed by atoms with Crippen molar-refractivity contribution < 1.29 is 4.79 Å². The van der Waals surface area contributed by atoms with Crippen LogP contribution in [0, 0.1) is 6.92 Å². The molecule has 0 bridgehead atoms. The molecule has 0 spiro atoms. The molecule has 5 nitrogen and oxygen atoms in total. The van der Waals surface area contributed by atoms with E-state index in [-0.39, 0.29) is 29.9 Å². The minimum atomic E-state index is -0.108. The number of aryl methyl sites for hydroxylation is 1. The molecule has 1 aliphatic rings. The first kappa shape index (κ1) is 21.0. The lowest BCUT2D eigenvalue weighted by Gasteiger charge is -2.21. The molecule has 1 aliphatic heterocycles. The molecule has 0 saturated carbocycles. The number of rotatable bonds is 4. The molecule has 7 heteroatoms. The number of anilines is 1. The van der Waals surface area contributed by atoms with E-state index in [1.807, 2.05) is 25.1 Å². The van der Waals surface area contributed by atoms with Gasteiger partial charge in [-0.2, -0.15) is 0 Å². The Bertz CT molecular complexity index is 572. The first-order valence-corrected chi connectivity index (χ1v) is 8.55. The van der Waals surface area contributed by atoms with Crippen molar-refractivity contribution in [2.45, 2.75) is 39.0 Å². The predicted octanol–water partition coefficient (Wildman–Crippen LogP) is 3.79. The van der Waals surface area contributed by atoms with Gasteiger partial charge in [0.2, 0.25) is 5.91 Å². The Morgan fingerprint density at radius 3 is 2.58 bits per heavy atom. The van der Waals surface area contributed by atoms with E-state index >= 15 is 0 Å². The Morgan fingerprint density at radius 2 is 1.96 bits per heavy atom. The number of amides is 1. The van der Waals surface area contributed by atoms with E-state index < -0.39 is 0 Å². The first-order chi connectivity index (χ1) is 11.1. The number of nitrogens with two attached hydrogens (primary N) is 1. The number of hydrogen-bond acceptors (Lipinski definition) is 2. The fourth-order valence-corrected chi connectivity index (χ4v) is 2.89. The number of nitrogens with zero attached hydrogens (tertiary/aromatic N) is 2. The number of carbonyl (C=O) groups excluding carboxylic acids is 1. The zero-order valence-electron chi connectivity index (χ0n) is 14.1. The van der Waals surface area contributed by atoms with Gasteiger partial charge in [-0.3, -0.25) is 9.79 Å². The van der Waals surface area contributed by atoms with Gasteiger partial charge in [0.25, 0.3) is 0 Å². The molecule has 0 aromatic heterocycles. The number of hydrogen-bond donors (Lipinski definition) is 2. The zero-order chi connectivity index (χ0) is 16.7. The lowest BCUT2D eigenvalue weighted by atomic mass is 10.2. The maximum absolute atomic E-state index is 12.0. The average molecular weight is 465 g/mol. The molecule has 0 aliphatic carbocycles. The summed E-state index contributed by atoms with van der Waals surface area (Å²) < 4.78 is 0. The number of aliphatic imine (C=N–C) groups is 1. The molecule has 0 atom stereocenters. The molecule has 1 fully saturated rings. The summed E-state index contributed by atoms with van der Waals surface area (Å²) in [6, 6.07) is 5.55. The Kier molecular flexibility index (Phi) is 9.43. The highest BCUT2D eigenvalue weighted by Gasteiger charge is 2.11. The molecular weight excluding hydrogens is 439 g/mol. The average Bonchev–Trinajstić information content (AvgIpc) is 2.79. The summed E-state index contributed by atoms with van der Waals surface area (Å²) in [5, 5.41) is 3.35. The summed E-state index contributed by atoms with van der Waals surface area (Å²) in [4.78, 5) is 18.4. The Hall–Kier alpha value is -1.02. The molecule has 0 radical (unpaired) electrons. The second-order valence-corrected chi connectivity index (χ2v) is 6.33. The highest BCUT2D eigenvalue weighted by atomic mass is 127. The summed E-state index contributed by atoms with van der Waals surface area (Å²) in [7, 11) is 0. The van der Waals surface area contributed by atoms with Crippen molar-refractivity contribution in [3.63, 3.8) is 0 Å².